The topological polar surface area (TPSA) is 58.8 Å². The summed E-state index contributed by atoms with van der Waals surface area (Å²) in [6.45, 7) is 3.49. The molecule has 3 rings (SSSR count). The molecule has 1 aromatic carbocycles. The van der Waals surface area contributed by atoms with Gasteiger partial charge in [0.1, 0.15) is 6.10 Å². The van der Waals surface area contributed by atoms with E-state index < -0.39 is 0 Å². The number of benzene rings is 1. The number of hydrogen-bond donors (Lipinski definition) is 1. The van der Waals surface area contributed by atoms with Crippen molar-refractivity contribution in [2.45, 2.75) is 25.0 Å². The first-order chi connectivity index (χ1) is 10.7. The molecule has 0 aliphatic carbocycles. The molecule has 2 saturated heterocycles. The first kappa shape index (κ1) is 21.3. The number of rotatable bonds is 3. The highest BCUT2D eigenvalue weighted by molar-refractivity contribution is 6.33. The number of amides is 1. The van der Waals surface area contributed by atoms with E-state index in [2.05, 4.69) is 4.90 Å². The second-order valence-electron chi connectivity index (χ2n) is 5.82. The average Bonchev–Trinajstić information content (AvgIpc) is 3.04. The number of halogens is 3. The second kappa shape index (κ2) is 9.68. The molecule has 0 aromatic heterocycles. The van der Waals surface area contributed by atoms with Gasteiger partial charge in [-0.1, -0.05) is 23.7 Å². The normalized spacial score (nSPS) is 23.4. The van der Waals surface area contributed by atoms with Crippen molar-refractivity contribution in [2.24, 2.45) is 5.73 Å². The third-order valence-electron chi connectivity index (χ3n) is 4.43. The zero-order valence-electron chi connectivity index (χ0n) is 13.4. The van der Waals surface area contributed by atoms with E-state index in [1.54, 1.807) is 0 Å². The van der Waals surface area contributed by atoms with Crippen molar-refractivity contribution in [2.75, 3.05) is 37.6 Å². The molecule has 24 heavy (non-hydrogen) atoms. The van der Waals surface area contributed by atoms with Crippen LogP contribution in [0, 0.1) is 0 Å². The number of anilines is 1. The minimum Gasteiger partial charge on any atom is -0.367 e. The molecule has 1 amide bonds. The summed E-state index contributed by atoms with van der Waals surface area (Å²) in [7, 11) is 0. The van der Waals surface area contributed by atoms with Gasteiger partial charge in [0, 0.05) is 32.7 Å². The van der Waals surface area contributed by atoms with Gasteiger partial charge in [-0.05, 0) is 25.0 Å². The second-order valence-corrected chi connectivity index (χ2v) is 6.23. The molecule has 2 aliphatic heterocycles. The van der Waals surface area contributed by atoms with Crippen molar-refractivity contribution in [3.63, 3.8) is 0 Å². The smallest absolute Gasteiger partial charge is 0.251 e. The number of nitrogens with zero attached hydrogens (tertiary/aromatic N) is 2. The van der Waals surface area contributed by atoms with Crippen molar-refractivity contribution < 1.29 is 9.53 Å². The SMILES string of the molecule is Cl.Cl.NC[C@H]1CC[C@@H](C(=O)N2CCN(c3ccccc3Cl)CC2)O1. The third kappa shape index (κ3) is 4.67. The molecule has 2 N–H and O–H groups in total. The zero-order chi connectivity index (χ0) is 15.5. The van der Waals surface area contributed by atoms with E-state index in [4.69, 9.17) is 22.1 Å². The highest BCUT2D eigenvalue weighted by Crippen LogP contribution is 2.27. The molecule has 2 atom stereocenters. The van der Waals surface area contributed by atoms with Gasteiger partial charge in [-0.15, -0.1) is 24.8 Å². The highest BCUT2D eigenvalue weighted by atomic mass is 35.5. The zero-order valence-corrected chi connectivity index (χ0v) is 15.8. The fraction of sp³-hybridized carbons (Fsp3) is 0.562. The number of carbonyl (C=O) groups is 1. The number of carbonyl (C=O) groups excluding carboxylic acids is 1. The first-order valence-corrected chi connectivity index (χ1v) is 8.20. The van der Waals surface area contributed by atoms with Gasteiger partial charge in [-0.3, -0.25) is 4.79 Å². The van der Waals surface area contributed by atoms with E-state index in [-0.39, 0.29) is 42.9 Å². The van der Waals surface area contributed by atoms with Gasteiger partial charge in [-0.25, -0.2) is 0 Å². The van der Waals surface area contributed by atoms with Gasteiger partial charge in [0.15, 0.2) is 0 Å². The van der Waals surface area contributed by atoms with Gasteiger partial charge in [0.05, 0.1) is 16.8 Å². The summed E-state index contributed by atoms with van der Waals surface area (Å²) in [5.74, 6) is 0.106. The van der Waals surface area contributed by atoms with Gasteiger partial charge in [0.25, 0.3) is 5.91 Å². The number of piperazine rings is 1. The minimum atomic E-state index is -0.305. The number of nitrogens with two attached hydrogens (primary N) is 1. The van der Waals surface area contributed by atoms with Crippen molar-refractivity contribution in [1.82, 2.24) is 4.90 Å². The maximum atomic E-state index is 12.5. The summed E-state index contributed by atoms with van der Waals surface area (Å²) >= 11 is 6.24. The Kier molecular flexibility index (Phi) is 8.60. The number of hydrogen-bond acceptors (Lipinski definition) is 4. The van der Waals surface area contributed by atoms with Gasteiger partial charge in [0.2, 0.25) is 0 Å². The molecule has 136 valence electrons. The van der Waals surface area contributed by atoms with E-state index in [1.165, 1.54) is 0 Å². The van der Waals surface area contributed by atoms with Crippen LogP contribution in [0.3, 0.4) is 0 Å². The number of para-hydroxylation sites is 1. The van der Waals surface area contributed by atoms with E-state index >= 15 is 0 Å². The summed E-state index contributed by atoms with van der Waals surface area (Å²) in [6, 6.07) is 7.83. The van der Waals surface area contributed by atoms with Crippen LogP contribution in [-0.2, 0) is 9.53 Å². The summed E-state index contributed by atoms with van der Waals surface area (Å²) in [5, 5.41) is 0.757. The lowest BCUT2D eigenvalue weighted by molar-refractivity contribution is -0.143. The quantitative estimate of drug-likeness (QED) is 0.852. The predicted molar refractivity (Wildman–Crippen MR) is 102 cm³/mol. The molecule has 0 spiro atoms. The lowest BCUT2D eigenvalue weighted by Crippen LogP contribution is -2.51. The average molecular weight is 397 g/mol. The summed E-state index contributed by atoms with van der Waals surface area (Å²) < 4.78 is 5.71. The Labute approximate surface area is 160 Å². The van der Waals surface area contributed by atoms with Crippen LogP contribution in [0.15, 0.2) is 24.3 Å². The van der Waals surface area contributed by atoms with Crippen LogP contribution in [0.25, 0.3) is 0 Å². The molecule has 5 nitrogen and oxygen atoms in total. The number of ether oxygens (including phenoxy) is 1. The molecule has 8 heteroatoms. The summed E-state index contributed by atoms with van der Waals surface area (Å²) in [6.07, 6.45) is 1.40. The van der Waals surface area contributed by atoms with Crippen LogP contribution in [-0.4, -0.2) is 55.7 Å². The first-order valence-electron chi connectivity index (χ1n) is 7.83. The molecule has 2 fully saturated rings. The summed E-state index contributed by atoms with van der Waals surface area (Å²) in [4.78, 5) is 16.6. The molecular weight excluding hydrogens is 373 g/mol. The summed E-state index contributed by atoms with van der Waals surface area (Å²) in [5.41, 5.74) is 6.64. The Balaban J connectivity index is 0.00000144. The standard InChI is InChI=1S/C16H22ClN3O2.2ClH/c17-13-3-1-2-4-14(13)19-7-9-20(10-8-19)16(21)15-6-5-12(11-18)22-15;;/h1-4,12,15H,5-11,18H2;2*1H/t12-,15+;;/m1../s1. The third-order valence-corrected chi connectivity index (χ3v) is 4.75. The van der Waals surface area contributed by atoms with Crippen molar-refractivity contribution >= 4 is 48.0 Å². The van der Waals surface area contributed by atoms with Crippen LogP contribution in [0.4, 0.5) is 5.69 Å². The maximum absolute atomic E-state index is 12.5. The molecule has 2 heterocycles. The molecule has 2 aliphatic rings. The van der Waals surface area contributed by atoms with Gasteiger partial charge in [-0.2, -0.15) is 0 Å². The fourth-order valence-corrected chi connectivity index (χ4v) is 3.40. The van der Waals surface area contributed by atoms with E-state index in [0.29, 0.717) is 19.6 Å². The molecule has 0 radical (unpaired) electrons. The lowest BCUT2D eigenvalue weighted by atomic mass is 10.1. The van der Waals surface area contributed by atoms with E-state index in [0.717, 1.165) is 36.6 Å². The van der Waals surface area contributed by atoms with Crippen LogP contribution in [0.2, 0.25) is 5.02 Å². The van der Waals surface area contributed by atoms with Crippen LogP contribution in [0.5, 0.6) is 0 Å². The molecule has 0 bridgehead atoms. The Morgan fingerprint density at radius 3 is 2.42 bits per heavy atom. The Hall–Kier alpha value is -0.720. The molecule has 0 saturated carbocycles. The fourth-order valence-electron chi connectivity index (χ4n) is 3.14. The molecule has 0 unspecified atom stereocenters. The van der Waals surface area contributed by atoms with Crippen LogP contribution >= 0.6 is 36.4 Å². The van der Waals surface area contributed by atoms with Crippen LogP contribution < -0.4 is 10.6 Å². The van der Waals surface area contributed by atoms with Crippen LogP contribution in [0.1, 0.15) is 12.8 Å². The van der Waals surface area contributed by atoms with E-state index in [1.807, 2.05) is 29.2 Å². The van der Waals surface area contributed by atoms with Gasteiger partial charge < -0.3 is 20.3 Å². The van der Waals surface area contributed by atoms with Gasteiger partial charge >= 0.3 is 0 Å². The monoisotopic (exact) mass is 395 g/mol. The molecule has 1 aromatic rings. The Bertz CT molecular complexity index is 539. The highest BCUT2D eigenvalue weighted by Gasteiger charge is 2.34. The minimum absolute atomic E-state index is 0. The largest absolute Gasteiger partial charge is 0.367 e. The van der Waals surface area contributed by atoms with Crippen molar-refractivity contribution in [3.05, 3.63) is 29.3 Å². The predicted octanol–water partition coefficient (Wildman–Crippen LogP) is 2.34. The molecular formula is C16H24Cl3N3O2. The Morgan fingerprint density at radius 2 is 1.83 bits per heavy atom. The Morgan fingerprint density at radius 1 is 1.17 bits per heavy atom. The lowest BCUT2D eigenvalue weighted by Gasteiger charge is -2.37. The van der Waals surface area contributed by atoms with Crippen molar-refractivity contribution in [3.8, 4) is 0 Å². The maximum Gasteiger partial charge on any atom is 0.251 e. The van der Waals surface area contributed by atoms with E-state index in [9.17, 15) is 4.79 Å². The van der Waals surface area contributed by atoms with Crippen molar-refractivity contribution in [1.29, 1.82) is 0 Å².